The van der Waals surface area contributed by atoms with Crippen LogP contribution < -0.4 is 0 Å². The van der Waals surface area contributed by atoms with Gasteiger partial charge in [-0.25, -0.2) is 0 Å². The van der Waals surface area contributed by atoms with Crippen LogP contribution in [0.4, 0.5) is 13.2 Å². The number of halogens is 4. The number of nitrogens with zero attached hydrogens (tertiary/aromatic N) is 2. The molecule has 96 valence electrons. The molecule has 7 heteroatoms. The maximum absolute atomic E-state index is 12.8. The molecule has 0 saturated heterocycles. The summed E-state index contributed by atoms with van der Waals surface area (Å²) in [5.74, 6) is -0.495. The van der Waals surface area contributed by atoms with Crippen LogP contribution in [0.1, 0.15) is 30.5 Å². The van der Waals surface area contributed by atoms with Crippen LogP contribution in [0.15, 0.2) is 0 Å². The molecule has 0 amide bonds. The smallest absolute Gasteiger partial charge is 0.393 e. The number of alkyl halides is 3. The SMILES string of the molecule is CC(O)C1CC1c1c(C(F)(F)F)nn(C)c1Cl. The summed E-state index contributed by atoms with van der Waals surface area (Å²) in [4.78, 5) is 0. The zero-order chi connectivity index (χ0) is 13.0. The molecular weight excluding hydrogens is 257 g/mol. The Balaban J connectivity index is 2.40. The fourth-order valence-corrected chi connectivity index (χ4v) is 2.40. The zero-order valence-electron chi connectivity index (χ0n) is 9.29. The molecule has 0 aliphatic heterocycles. The van der Waals surface area contributed by atoms with Crippen molar-refractivity contribution in [2.75, 3.05) is 0 Å². The van der Waals surface area contributed by atoms with Gasteiger partial charge in [-0.2, -0.15) is 18.3 Å². The number of aryl methyl sites for hydroxylation is 1. The molecule has 0 spiro atoms. The molecule has 17 heavy (non-hydrogen) atoms. The van der Waals surface area contributed by atoms with Crippen LogP contribution >= 0.6 is 11.6 Å². The van der Waals surface area contributed by atoms with E-state index in [0.717, 1.165) is 4.68 Å². The van der Waals surface area contributed by atoms with E-state index in [1.165, 1.54) is 7.05 Å². The van der Waals surface area contributed by atoms with Gasteiger partial charge in [0.15, 0.2) is 5.69 Å². The van der Waals surface area contributed by atoms with E-state index >= 15 is 0 Å². The number of hydrogen-bond donors (Lipinski definition) is 1. The highest BCUT2D eigenvalue weighted by molar-refractivity contribution is 6.30. The Labute approximate surface area is 101 Å². The van der Waals surface area contributed by atoms with E-state index in [-0.39, 0.29) is 22.6 Å². The molecule has 1 aliphatic carbocycles. The fraction of sp³-hybridized carbons (Fsp3) is 0.700. The van der Waals surface area contributed by atoms with Gasteiger partial charge in [-0.05, 0) is 25.2 Å². The van der Waals surface area contributed by atoms with Gasteiger partial charge in [0.1, 0.15) is 5.15 Å². The third-order valence-electron chi connectivity index (χ3n) is 3.11. The molecule has 0 bridgehead atoms. The molecule has 0 radical (unpaired) electrons. The lowest BCUT2D eigenvalue weighted by atomic mass is 10.1. The first-order valence-electron chi connectivity index (χ1n) is 5.21. The molecule has 1 aromatic rings. The van der Waals surface area contributed by atoms with E-state index in [1.807, 2.05) is 0 Å². The summed E-state index contributed by atoms with van der Waals surface area (Å²) in [6.45, 7) is 1.57. The quantitative estimate of drug-likeness (QED) is 0.895. The van der Waals surface area contributed by atoms with E-state index in [0.29, 0.717) is 6.42 Å². The molecular formula is C10H12ClF3N2O. The predicted octanol–water partition coefficient (Wildman–Crippen LogP) is 2.58. The van der Waals surface area contributed by atoms with Gasteiger partial charge in [-0.3, -0.25) is 4.68 Å². The third kappa shape index (κ3) is 2.15. The van der Waals surface area contributed by atoms with Gasteiger partial charge < -0.3 is 5.11 Å². The van der Waals surface area contributed by atoms with E-state index in [1.54, 1.807) is 6.92 Å². The predicted molar refractivity (Wildman–Crippen MR) is 55.7 cm³/mol. The van der Waals surface area contributed by atoms with Crippen LogP contribution in [0, 0.1) is 5.92 Å². The lowest BCUT2D eigenvalue weighted by Crippen LogP contribution is -2.10. The summed E-state index contributed by atoms with van der Waals surface area (Å²) in [6.07, 6.45) is -4.62. The summed E-state index contributed by atoms with van der Waals surface area (Å²) in [5, 5.41) is 12.8. The second-order valence-corrected chi connectivity index (χ2v) is 4.78. The average Bonchev–Trinajstić information content (AvgIpc) is 2.89. The minimum Gasteiger partial charge on any atom is -0.393 e. The van der Waals surface area contributed by atoms with Crippen molar-refractivity contribution in [1.82, 2.24) is 9.78 Å². The Kier molecular flexibility index (Phi) is 2.90. The van der Waals surface area contributed by atoms with Gasteiger partial charge >= 0.3 is 6.18 Å². The van der Waals surface area contributed by atoms with Crippen LogP contribution in [0.2, 0.25) is 5.15 Å². The number of hydrogen-bond acceptors (Lipinski definition) is 2. The van der Waals surface area contributed by atoms with E-state index in [4.69, 9.17) is 11.6 Å². The summed E-state index contributed by atoms with van der Waals surface area (Å²) < 4.78 is 39.3. The summed E-state index contributed by atoms with van der Waals surface area (Å²) in [7, 11) is 1.38. The van der Waals surface area contributed by atoms with Crippen LogP contribution in [0.25, 0.3) is 0 Å². The fourth-order valence-electron chi connectivity index (χ4n) is 2.14. The first kappa shape index (κ1) is 12.7. The van der Waals surface area contributed by atoms with E-state index in [9.17, 15) is 18.3 Å². The highest BCUT2D eigenvalue weighted by Gasteiger charge is 2.49. The molecule has 1 N–H and O–H groups in total. The number of aliphatic hydroxyl groups is 1. The standard InChI is InChI=1S/C10H12ClF3N2O/c1-4(17)5-3-6(5)7-8(10(12,13)14)15-16(2)9(7)11/h4-6,17H,3H2,1-2H3. The van der Waals surface area contributed by atoms with Gasteiger partial charge in [0.05, 0.1) is 6.10 Å². The van der Waals surface area contributed by atoms with E-state index < -0.39 is 18.0 Å². The van der Waals surface area contributed by atoms with Crippen LogP contribution in [0.3, 0.4) is 0 Å². The Morgan fingerprint density at radius 2 is 2.12 bits per heavy atom. The zero-order valence-corrected chi connectivity index (χ0v) is 10.0. The summed E-state index contributed by atoms with van der Waals surface area (Å²) in [6, 6.07) is 0. The summed E-state index contributed by atoms with van der Waals surface area (Å²) in [5.41, 5.74) is -0.911. The third-order valence-corrected chi connectivity index (χ3v) is 3.56. The van der Waals surface area contributed by atoms with Crippen molar-refractivity contribution >= 4 is 11.6 Å². The van der Waals surface area contributed by atoms with Crippen molar-refractivity contribution in [2.45, 2.75) is 31.5 Å². The highest BCUT2D eigenvalue weighted by Crippen LogP contribution is 2.54. The van der Waals surface area contributed by atoms with Crippen molar-refractivity contribution in [2.24, 2.45) is 13.0 Å². The first-order valence-corrected chi connectivity index (χ1v) is 5.59. The Hall–Kier alpha value is -0.750. The Morgan fingerprint density at radius 3 is 2.53 bits per heavy atom. The Bertz CT molecular complexity index is 441. The number of aliphatic hydroxyl groups excluding tert-OH is 1. The minimum atomic E-state index is -4.51. The van der Waals surface area contributed by atoms with Gasteiger partial charge in [-0.15, -0.1) is 0 Å². The lowest BCUT2D eigenvalue weighted by molar-refractivity contribution is -0.142. The normalized spacial score (nSPS) is 26.1. The molecule has 1 heterocycles. The maximum atomic E-state index is 12.8. The largest absolute Gasteiger partial charge is 0.435 e. The molecule has 0 aromatic carbocycles. The van der Waals surface area contributed by atoms with Crippen molar-refractivity contribution in [3.8, 4) is 0 Å². The van der Waals surface area contributed by atoms with Gasteiger partial charge in [-0.1, -0.05) is 11.6 Å². The molecule has 3 atom stereocenters. The molecule has 1 fully saturated rings. The van der Waals surface area contributed by atoms with Crippen LogP contribution in [0.5, 0.6) is 0 Å². The summed E-state index contributed by atoms with van der Waals surface area (Å²) >= 11 is 5.84. The molecule has 1 aliphatic rings. The molecule has 1 saturated carbocycles. The van der Waals surface area contributed by atoms with Crippen LogP contribution in [-0.2, 0) is 13.2 Å². The first-order chi connectivity index (χ1) is 7.73. The van der Waals surface area contributed by atoms with Gasteiger partial charge in [0.25, 0.3) is 0 Å². The second kappa shape index (κ2) is 3.88. The van der Waals surface area contributed by atoms with Crippen LogP contribution in [-0.4, -0.2) is 21.0 Å². The number of aromatic nitrogens is 2. The van der Waals surface area contributed by atoms with Crippen molar-refractivity contribution in [1.29, 1.82) is 0 Å². The average molecular weight is 269 g/mol. The van der Waals surface area contributed by atoms with E-state index in [2.05, 4.69) is 5.10 Å². The molecule has 1 aromatic heterocycles. The maximum Gasteiger partial charge on any atom is 0.435 e. The molecule has 3 nitrogen and oxygen atoms in total. The minimum absolute atomic E-state index is 0.00507. The molecule has 3 unspecified atom stereocenters. The monoisotopic (exact) mass is 268 g/mol. The second-order valence-electron chi connectivity index (χ2n) is 4.42. The van der Waals surface area contributed by atoms with Crippen molar-refractivity contribution < 1.29 is 18.3 Å². The van der Waals surface area contributed by atoms with Gasteiger partial charge in [0.2, 0.25) is 0 Å². The topological polar surface area (TPSA) is 38.1 Å². The van der Waals surface area contributed by atoms with Gasteiger partial charge in [0, 0.05) is 12.6 Å². The molecule has 2 rings (SSSR count). The lowest BCUT2D eigenvalue weighted by Gasteiger charge is -2.07. The van der Waals surface area contributed by atoms with Crippen molar-refractivity contribution in [3.05, 3.63) is 16.4 Å². The highest BCUT2D eigenvalue weighted by atomic mass is 35.5. The Morgan fingerprint density at radius 1 is 1.53 bits per heavy atom. The number of rotatable bonds is 2. The van der Waals surface area contributed by atoms with Crippen molar-refractivity contribution in [3.63, 3.8) is 0 Å².